The smallest absolute Gasteiger partial charge is 0.240 e. The molecule has 0 saturated carbocycles. The van der Waals surface area contributed by atoms with Gasteiger partial charge in [0.1, 0.15) is 0 Å². The molecule has 0 spiro atoms. The fourth-order valence-corrected chi connectivity index (χ4v) is 3.02. The number of hydrogen-bond acceptors (Lipinski definition) is 10. The number of hydrogen-bond donors (Lipinski definition) is 4. The van der Waals surface area contributed by atoms with Crippen LogP contribution in [0.15, 0.2) is 34.5 Å². The summed E-state index contributed by atoms with van der Waals surface area (Å²) in [4.78, 5) is 23.9. The van der Waals surface area contributed by atoms with Crippen molar-refractivity contribution in [3.63, 3.8) is 0 Å². The maximum absolute atomic E-state index is 12.0. The van der Waals surface area contributed by atoms with Crippen LogP contribution in [0.2, 0.25) is 0 Å². The van der Waals surface area contributed by atoms with Gasteiger partial charge in [-0.2, -0.15) is 10.2 Å². The predicted octanol–water partition coefficient (Wildman–Crippen LogP) is 2.29. The number of rotatable bonds is 13. The van der Waals surface area contributed by atoms with Gasteiger partial charge in [-0.15, -0.1) is 0 Å². The topological polar surface area (TPSA) is 160 Å². The van der Waals surface area contributed by atoms with Crippen molar-refractivity contribution in [1.82, 2.24) is 10.9 Å². The molecule has 0 aliphatic heterocycles. The van der Waals surface area contributed by atoms with Crippen LogP contribution in [0.3, 0.4) is 0 Å². The van der Waals surface area contributed by atoms with Gasteiger partial charge in [0.2, 0.25) is 23.3 Å². The molecule has 36 heavy (non-hydrogen) atoms. The Labute approximate surface area is 208 Å². The Morgan fingerprint density at radius 1 is 0.694 bits per heavy atom. The molecule has 4 N–H and O–H groups in total. The molecular weight excluding hydrogens is 472 g/mol. The Bertz CT molecular complexity index is 980. The van der Waals surface area contributed by atoms with E-state index >= 15 is 0 Å². The van der Waals surface area contributed by atoms with E-state index in [4.69, 9.17) is 18.9 Å². The summed E-state index contributed by atoms with van der Waals surface area (Å²) in [6.45, 7) is 0. The summed E-state index contributed by atoms with van der Waals surface area (Å²) < 4.78 is 20.3. The van der Waals surface area contributed by atoms with Gasteiger partial charge in [-0.1, -0.05) is 0 Å². The number of nitrogens with one attached hydrogen (secondary N) is 2. The van der Waals surface area contributed by atoms with Gasteiger partial charge in [0.05, 0.1) is 40.9 Å². The molecule has 0 fully saturated rings. The van der Waals surface area contributed by atoms with E-state index in [9.17, 15) is 19.8 Å². The van der Waals surface area contributed by atoms with Crippen LogP contribution in [-0.4, -0.2) is 62.9 Å². The summed E-state index contributed by atoms with van der Waals surface area (Å²) in [6.07, 6.45) is 4.12. The Hall–Kier alpha value is -4.48. The highest BCUT2D eigenvalue weighted by Gasteiger charge is 2.11. The minimum atomic E-state index is -0.308. The standard InChI is InChI=1S/C24H30N4O8/c1-33-17-9-15(10-18(34-2)23(17)31)13-25-27-21(29)7-5-6-8-22(30)28-26-14-16-11-19(35-3)24(32)20(12-16)36-4/h9-14,31-32H,5-8H2,1-4H3,(H,27,29)(H,28,30). The van der Waals surface area contributed by atoms with Crippen LogP contribution in [0.4, 0.5) is 0 Å². The van der Waals surface area contributed by atoms with Gasteiger partial charge in [0.25, 0.3) is 0 Å². The summed E-state index contributed by atoms with van der Waals surface area (Å²) >= 11 is 0. The lowest BCUT2D eigenvalue weighted by molar-refractivity contribution is -0.123. The predicted molar refractivity (Wildman–Crippen MR) is 132 cm³/mol. The number of hydrazone groups is 2. The van der Waals surface area contributed by atoms with Crippen molar-refractivity contribution in [2.24, 2.45) is 10.2 Å². The van der Waals surface area contributed by atoms with Gasteiger partial charge in [-0.3, -0.25) is 9.59 Å². The fourth-order valence-electron chi connectivity index (χ4n) is 3.02. The molecule has 2 amide bonds. The number of phenolic OH excluding ortho intramolecular Hbond substituents is 2. The molecule has 0 heterocycles. The Morgan fingerprint density at radius 3 is 1.28 bits per heavy atom. The van der Waals surface area contributed by atoms with E-state index in [2.05, 4.69) is 21.1 Å². The molecule has 0 saturated heterocycles. The second-order valence-electron chi connectivity index (χ2n) is 7.34. The zero-order valence-corrected chi connectivity index (χ0v) is 20.5. The van der Waals surface area contributed by atoms with Gasteiger partial charge in [-0.25, -0.2) is 10.9 Å². The second-order valence-corrected chi connectivity index (χ2v) is 7.34. The third-order valence-electron chi connectivity index (χ3n) is 4.87. The van der Waals surface area contributed by atoms with Gasteiger partial charge < -0.3 is 29.2 Å². The highest BCUT2D eigenvalue weighted by Crippen LogP contribution is 2.37. The average molecular weight is 503 g/mol. The third-order valence-corrected chi connectivity index (χ3v) is 4.87. The molecule has 0 radical (unpaired) electrons. The molecule has 0 aliphatic carbocycles. The minimum absolute atomic E-state index is 0.128. The van der Waals surface area contributed by atoms with Crippen molar-refractivity contribution < 1.29 is 38.7 Å². The lowest BCUT2D eigenvalue weighted by Crippen LogP contribution is -2.19. The summed E-state index contributed by atoms with van der Waals surface area (Å²) in [5.41, 5.74) is 5.93. The molecule has 194 valence electrons. The highest BCUT2D eigenvalue weighted by molar-refractivity contribution is 5.85. The van der Waals surface area contributed by atoms with Crippen molar-refractivity contribution in [2.75, 3.05) is 28.4 Å². The van der Waals surface area contributed by atoms with Crippen molar-refractivity contribution in [1.29, 1.82) is 0 Å². The number of phenols is 2. The van der Waals surface area contributed by atoms with Crippen LogP contribution >= 0.6 is 0 Å². The van der Waals surface area contributed by atoms with Gasteiger partial charge in [-0.05, 0) is 37.1 Å². The van der Waals surface area contributed by atoms with Crippen LogP contribution in [0.25, 0.3) is 0 Å². The number of nitrogens with zero attached hydrogens (tertiary/aromatic N) is 2. The minimum Gasteiger partial charge on any atom is -0.502 e. The zero-order valence-electron chi connectivity index (χ0n) is 20.5. The van der Waals surface area contributed by atoms with Gasteiger partial charge in [0.15, 0.2) is 23.0 Å². The molecule has 12 nitrogen and oxygen atoms in total. The molecule has 2 aromatic carbocycles. The lowest BCUT2D eigenvalue weighted by Gasteiger charge is -2.09. The van der Waals surface area contributed by atoms with Crippen LogP contribution in [0, 0.1) is 0 Å². The number of benzene rings is 2. The molecule has 0 aromatic heterocycles. The summed E-state index contributed by atoms with van der Waals surface area (Å²) in [5.74, 6) is -0.0114. The van der Waals surface area contributed by atoms with E-state index in [1.807, 2.05) is 0 Å². The Kier molecular flexibility index (Phi) is 10.8. The van der Waals surface area contributed by atoms with E-state index in [0.717, 1.165) is 0 Å². The van der Waals surface area contributed by atoms with E-state index < -0.39 is 0 Å². The maximum Gasteiger partial charge on any atom is 0.240 e. The van der Waals surface area contributed by atoms with Crippen molar-refractivity contribution in [3.05, 3.63) is 35.4 Å². The first kappa shape index (κ1) is 27.8. The monoisotopic (exact) mass is 502 g/mol. The van der Waals surface area contributed by atoms with Gasteiger partial charge >= 0.3 is 0 Å². The number of carbonyl (C=O) groups excluding carboxylic acids is 2. The summed E-state index contributed by atoms with van der Waals surface area (Å²) in [5, 5.41) is 27.6. The zero-order chi connectivity index (χ0) is 26.5. The summed E-state index contributed by atoms with van der Waals surface area (Å²) in [7, 11) is 5.64. The number of aromatic hydroxyl groups is 2. The first-order valence-corrected chi connectivity index (χ1v) is 10.9. The van der Waals surface area contributed by atoms with Crippen molar-refractivity contribution >= 4 is 24.2 Å². The maximum atomic E-state index is 12.0. The number of amides is 2. The Balaban J connectivity index is 1.73. The normalized spacial score (nSPS) is 10.9. The van der Waals surface area contributed by atoms with Crippen LogP contribution < -0.4 is 29.8 Å². The number of carbonyl (C=O) groups is 2. The molecule has 0 atom stereocenters. The van der Waals surface area contributed by atoms with E-state index in [0.29, 0.717) is 24.0 Å². The highest BCUT2D eigenvalue weighted by atomic mass is 16.5. The number of methoxy groups -OCH3 is 4. The molecule has 0 unspecified atom stereocenters. The van der Waals surface area contributed by atoms with E-state index in [1.165, 1.54) is 40.9 Å². The van der Waals surface area contributed by atoms with Crippen molar-refractivity contribution in [2.45, 2.75) is 25.7 Å². The molecule has 0 bridgehead atoms. The van der Waals surface area contributed by atoms with Gasteiger partial charge in [0, 0.05) is 24.0 Å². The second kappa shape index (κ2) is 14.0. The molecule has 2 aromatic rings. The summed E-state index contributed by atoms with van der Waals surface area (Å²) in [6, 6.07) is 6.18. The van der Waals surface area contributed by atoms with E-state index in [1.54, 1.807) is 24.3 Å². The first-order chi connectivity index (χ1) is 17.3. The number of unbranched alkanes of at least 4 members (excludes halogenated alkanes) is 1. The van der Waals surface area contributed by atoms with Crippen LogP contribution in [-0.2, 0) is 9.59 Å². The molecule has 2 rings (SSSR count). The molecule has 0 aliphatic rings. The lowest BCUT2D eigenvalue weighted by atomic mass is 10.2. The average Bonchev–Trinajstić information content (AvgIpc) is 2.88. The largest absolute Gasteiger partial charge is 0.502 e. The number of ether oxygens (including phenoxy) is 4. The quantitative estimate of drug-likeness (QED) is 0.184. The van der Waals surface area contributed by atoms with E-state index in [-0.39, 0.29) is 59.2 Å². The SMILES string of the molecule is COc1cc(C=NNC(=O)CCCCC(=O)NN=Cc2cc(OC)c(O)c(OC)c2)cc(OC)c1O. The Morgan fingerprint density at radius 2 is 1.00 bits per heavy atom. The van der Waals surface area contributed by atoms with Crippen LogP contribution in [0.5, 0.6) is 34.5 Å². The fraction of sp³-hybridized carbons (Fsp3) is 0.333. The first-order valence-electron chi connectivity index (χ1n) is 10.9. The third kappa shape index (κ3) is 8.08. The molecule has 12 heteroatoms. The molecular formula is C24H30N4O8. The van der Waals surface area contributed by atoms with Crippen molar-refractivity contribution in [3.8, 4) is 34.5 Å². The van der Waals surface area contributed by atoms with Crippen LogP contribution in [0.1, 0.15) is 36.8 Å².